The molecule has 0 saturated carbocycles. The van der Waals surface area contributed by atoms with Crippen molar-refractivity contribution in [2.24, 2.45) is 0 Å². The minimum absolute atomic E-state index is 0.0264. The summed E-state index contributed by atoms with van der Waals surface area (Å²) in [4.78, 5) is 12.1. The number of allylic oxidation sites excluding steroid dienone is 1. The van der Waals surface area contributed by atoms with Crippen LogP contribution in [0.1, 0.15) is 57.6 Å². The van der Waals surface area contributed by atoms with Gasteiger partial charge in [0.2, 0.25) is 0 Å². The third kappa shape index (κ3) is 6.45. The minimum atomic E-state index is -1.78. The summed E-state index contributed by atoms with van der Waals surface area (Å²) in [6, 6.07) is 4.57. The normalized spacial score (nSPS) is 11.0. The smallest absolute Gasteiger partial charge is 0.346 e. The first kappa shape index (κ1) is 21.1. The lowest BCUT2D eigenvalue weighted by molar-refractivity contribution is 0.291. The SMILES string of the molecule is CCCCCCCCOc1ccc2cc(CCC=C(F)F)oc(=O)c2c1F. The zero-order valence-electron chi connectivity index (χ0n) is 15.5. The van der Waals surface area contributed by atoms with Gasteiger partial charge in [-0.3, -0.25) is 0 Å². The fraction of sp³-hybridized carbons (Fsp3) is 0.476. The lowest BCUT2D eigenvalue weighted by atomic mass is 10.1. The molecule has 0 unspecified atom stereocenters. The number of aryl methyl sites for hydroxylation is 1. The van der Waals surface area contributed by atoms with Crippen LogP contribution < -0.4 is 10.4 Å². The molecule has 27 heavy (non-hydrogen) atoms. The highest BCUT2D eigenvalue weighted by atomic mass is 19.3. The van der Waals surface area contributed by atoms with Gasteiger partial charge in [-0.2, -0.15) is 8.78 Å². The molecule has 0 saturated heterocycles. The first-order valence-electron chi connectivity index (χ1n) is 9.42. The summed E-state index contributed by atoms with van der Waals surface area (Å²) in [5.41, 5.74) is -0.824. The molecule has 0 radical (unpaired) electrons. The molecule has 0 N–H and O–H groups in total. The van der Waals surface area contributed by atoms with Crippen molar-refractivity contribution in [2.75, 3.05) is 6.61 Å². The number of halogens is 3. The quantitative estimate of drug-likeness (QED) is 0.423. The van der Waals surface area contributed by atoms with Crippen LogP contribution in [0.3, 0.4) is 0 Å². The molecule has 6 heteroatoms. The number of hydrogen-bond donors (Lipinski definition) is 0. The van der Waals surface area contributed by atoms with Crippen molar-refractivity contribution in [2.45, 2.75) is 58.3 Å². The molecule has 0 aliphatic heterocycles. The lowest BCUT2D eigenvalue weighted by Gasteiger charge is -2.09. The van der Waals surface area contributed by atoms with Gasteiger partial charge < -0.3 is 9.15 Å². The minimum Gasteiger partial charge on any atom is -0.490 e. The molecule has 148 valence electrons. The maximum absolute atomic E-state index is 14.6. The molecule has 1 aromatic heterocycles. The molecule has 0 bridgehead atoms. The second-order valence-electron chi connectivity index (χ2n) is 6.49. The molecular weight excluding hydrogens is 357 g/mol. The van der Waals surface area contributed by atoms with E-state index in [1.165, 1.54) is 31.4 Å². The van der Waals surface area contributed by atoms with E-state index >= 15 is 0 Å². The highest BCUT2D eigenvalue weighted by Crippen LogP contribution is 2.25. The molecule has 0 atom stereocenters. The van der Waals surface area contributed by atoms with Crippen molar-refractivity contribution in [3.8, 4) is 5.75 Å². The van der Waals surface area contributed by atoms with Crippen LogP contribution in [0.25, 0.3) is 10.8 Å². The molecule has 2 rings (SSSR count). The topological polar surface area (TPSA) is 39.4 Å². The number of ether oxygens (including phenoxy) is 1. The van der Waals surface area contributed by atoms with Crippen LogP contribution in [-0.2, 0) is 6.42 Å². The molecule has 2 aromatic rings. The lowest BCUT2D eigenvalue weighted by Crippen LogP contribution is -2.07. The molecule has 1 aromatic carbocycles. The highest BCUT2D eigenvalue weighted by molar-refractivity contribution is 5.83. The number of benzene rings is 1. The van der Waals surface area contributed by atoms with Crippen molar-refractivity contribution in [1.82, 2.24) is 0 Å². The van der Waals surface area contributed by atoms with Gasteiger partial charge in [-0.15, -0.1) is 0 Å². The molecule has 0 amide bonds. The van der Waals surface area contributed by atoms with Gasteiger partial charge in [0.1, 0.15) is 11.1 Å². The molecule has 0 fully saturated rings. The fourth-order valence-electron chi connectivity index (χ4n) is 2.90. The molecule has 0 aliphatic rings. The van der Waals surface area contributed by atoms with Crippen LogP contribution in [-0.4, -0.2) is 6.61 Å². The van der Waals surface area contributed by atoms with E-state index in [1.807, 2.05) is 0 Å². The summed E-state index contributed by atoms with van der Waals surface area (Å²) in [5, 5.41) is 0.196. The second-order valence-corrected chi connectivity index (χ2v) is 6.49. The van der Waals surface area contributed by atoms with Crippen molar-refractivity contribution in [1.29, 1.82) is 0 Å². The van der Waals surface area contributed by atoms with Gasteiger partial charge in [0.05, 0.1) is 6.61 Å². The Labute approximate surface area is 156 Å². The van der Waals surface area contributed by atoms with Crippen LogP contribution in [0.15, 0.2) is 39.6 Å². The third-order valence-corrected chi connectivity index (χ3v) is 4.33. The average Bonchev–Trinajstić information content (AvgIpc) is 2.62. The monoisotopic (exact) mass is 382 g/mol. The molecule has 0 spiro atoms. The van der Waals surface area contributed by atoms with Crippen molar-refractivity contribution in [3.63, 3.8) is 0 Å². The van der Waals surface area contributed by atoms with Gasteiger partial charge in [-0.25, -0.2) is 9.18 Å². The summed E-state index contributed by atoms with van der Waals surface area (Å²) in [5.74, 6) is -0.475. The highest BCUT2D eigenvalue weighted by Gasteiger charge is 2.14. The Hall–Kier alpha value is -2.24. The molecule has 3 nitrogen and oxygen atoms in total. The van der Waals surface area contributed by atoms with Gasteiger partial charge >= 0.3 is 5.63 Å². The maximum atomic E-state index is 14.6. The summed E-state index contributed by atoms with van der Waals surface area (Å²) < 4.78 is 49.3. The first-order valence-corrected chi connectivity index (χ1v) is 9.42. The average molecular weight is 382 g/mol. The standard InChI is InChI=1S/C21H25F3O3/c1-2-3-4-5-6-7-13-26-17-12-11-15-14-16(9-8-10-18(22)23)27-21(25)19(15)20(17)24/h10-12,14H,2-9,13H2,1H3. The Balaban J connectivity index is 2.02. The van der Waals surface area contributed by atoms with E-state index < -0.39 is 17.5 Å². The zero-order chi connectivity index (χ0) is 19.6. The van der Waals surface area contributed by atoms with Gasteiger partial charge in [0.15, 0.2) is 11.6 Å². The predicted molar refractivity (Wildman–Crippen MR) is 99.9 cm³/mol. The number of hydrogen-bond acceptors (Lipinski definition) is 3. The molecule has 0 aliphatic carbocycles. The third-order valence-electron chi connectivity index (χ3n) is 4.33. The van der Waals surface area contributed by atoms with Gasteiger partial charge in [-0.05, 0) is 36.4 Å². The van der Waals surface area contributed by atoms with Crippen LogP contribution >= 0.6 is 0 Å². The summed E-state index contributed by atoms with van der Waals surface area (Å²) >= 11 is 0. The van der Waals surface area contributed by atoms with Crippen molar-refractivity contribution < 1.29 is 22.3 Å². The Kier molecular flexibility index (Phi) is 8.43. The first-order chi connectivity index (χ1) is 13.0. The van der Waals surface area contributed by atoms with Crippen LogP contribution in [0.5, 0.6) is 5.75 Å². The Morgan fingerprint density at radius 1 is 1.15 bits per heavy atom. The largest absolute Gasteiger partial charge is 0.490 e. The number of fused-ring (bicyclic) bond motifs is 1. The Bertz CT molecular complexity index is 823. The van der Waals surface area contributed by atoms with Gasteiger partial charge in [-0.1, -0.05) is 45.1 Å². The fourth-order valence-corrected chi connectivity index (χ4v) is 2.90. The second kappa shape index (κ2) is 10.8. The summed E-state index contributed by atoms with van der Waals surface area (Å²) in [7, 11) is 0. The maximum Gasteiger partial charge on any atom is 0.346 e. The van der Waals surface area contributed by atoms with Crippen LogP contribution in [0.2, 0.25) is 0 Å². The van der Waals surface area contributed by atoms with Crippen LogP contribution in [0.4, 0.5) is 13.2 Å². The van der Waals surface area contributed by atoms with Gasteiger partial charge in [0, 0.05) is 6.42 Å². The number of unbranched alkanes of at least 4 members (excludes halogenated alkanes) is 5. The van der Waals surface area contributed by atoms with Crippen LogP contribution in [0, 0.1) is 5.82 Å². The van der Waals surface area contributed by atoms with E-state index in [0.29, 0.717) is 12.0 Å². The van der Waals surface area contributed by atoms with E-state index in [0.717, 1.165) is 25.3 Å². The van der Waals surface area contributed by atoms with E-state index in [2.05, 4.69) is 6.92 Å². The van der Waals surface area contributed by atoms with Crippen molar-refractivity contribution in [3.05, 3.63) is 52.4 Å². The molecular formula is C21H25F3O3. The van der Waals surface area contributed by atoms with E-state index in [1.54, 1.807) is 6.07 Å². The predicted octanol–water partition coefficient (Wildman–Crippen LogP) is 6.38. The van der Waals surface area contributed by atoms with E-state index in [9.17, 15) is 18.0 Å². The Morgan fingerprint density at radius 2 is 1.89 bits per heavy atom. The van der Waals surface area contributed by atoms with Gasteiger partial charge in [0.25, 0.3) is 6.08 Å². The Morgan fingerprint density at radius 3 is 2.63 bits per heavy atom. The van der Waals surface area contributed by atoms with E-state index in [-0.39, 0.29) is 29.7 Å². The van der Waals surface area contributed by atoms with Crippen molar-refractivity contribution >= 4 is 10.8 Å². The number of rotatable bonds is 11. The summed E-state index contributed by atoms with van der Waals surface area (Å²) in [6.07, 6.45) is 5.73. The zero-order valence-corrected chi connectivity index (χ0v) is 15.5. The summed E-state index contributed by atoms with van der Waals surface area (Å²) in [6.45, 7) is 2.55. The molecule has 1 heterocycles. The van der Waals surface area contributed by atoms with E-state index in [4.69, 9.17) is 9.15 Å².